The Balaban J connectivity index is 5.26. The maximum Gasteiger partial charge on any atom is 0.640 e. The molecule has 0 aliphatic heterocycles. The van der Waals surface area contributed by atoms with Crippen LogP contribution in [0, 0.1) is 0 Å². The number of rotatable bonds is 27. The fraction of sp³-hybridized carbons (Fsp3) is 0.784. The highest BCUT2D eigenvalue weighted by atomic mass is 28.6. The molecule has 0 saturated carbocycles. The summed E-state index contributed by atoms with van der Waals surface area (Å²) in [7, 11) is -41.0. The van der Waals surface area contributed by atoms with Gasteiger partial charge < -0.3 is 49.4 Å². The van der Waals surface area contributed by atoms with Gasteiger partial charge in [0, 0.05) is 0 Å². The first kappa shape index (κ1) is 61.3. The van der Waals surface area contributed by atoms with E-state index in [0.717, 1.165) is 11.1 Å². The van der Waals surface area contributed by atoms with Gasteiger partial charge in [-0.05, 0) is 188 Å². The minimum atomic E-state index is -4.78. The van der Waals surface area contributed by atoms with Crippen LogP contribution in [-0.2, 0) is 49.4 Å². The van der Waals surface area contributed by atoms with Crippen LogP contribution in [0.2, 0.25) is 177 Å². The Hall–Kier alpha value is 1.30. The third-order valence-electron chi connectivity index (χ3n) is 6.90. The van der Waals surface area contributed by atoms with Gasteiger partial charge >= 0.3 is 35.9 Å². The van der Waals surface area contributed by atoms with Crippen LogP contribution in [0.3, 0.4) is 0 Å². The third kappa shape index (κ3) is 24.0. The van der Waals surface area contributed by atoms with Crippen molar-refractivity contribution in [3.05, 3.63) is 42.0 Å². The number of benzene rings is 1. The van der Waals surface area contributed by atoms with Crippen LogP contribution in [0.15, 0.2) is 30.8 Å². The Kier molecular flexibility index (Phi) is 20.9. The molecule has 0 aliphatic carbocycles. The summed E-state index contributed by atoms with van der Waals surface area (Å²) in [5.41, 5.74) is 1.08. The van der Waals surface area contributed by atoms with Crippen molar-refractivity contribution in [2.24, 2.45) is 0 Å². The van der Waals surface area contributed by atoms with Crippen molar-refractivity contribution < 1.29 is 49.4 Å². The van der Waals surface area contributed by atoms with E-state index in [1.807, 2.05) is 24.3 Å². The summed E-state index contributed by atoms with van der Waals surface area (Å²) in [4.78, 5) is 0. The largest absolute Gasteiger partial charge is 0.640 e. The summed E-state index contributed by atoms with van der Waals surface area (Å²) in [6.45, 7) is 63.9. The van der Waals surface area contributed by atoms with E-state index in [4.69, 9.17) is 49.4 Å². The van der Waals surface area contributed by atoms with Crippen molar-refractivity contribution in [3.8, 4) is 0 Å². The summed E-state index contributed by atoms with van der Waals surface area (Å²) in [5.74, 6) is 0. The van der Waals surface area contributed by atoms with Gasteiger partial charge in [0.2, 0.25) is 0 Å². The van der Waals surface area contributed by atoms with Gasteiger partial charge in [0.25, 0.3) is 0 Å². The zero-order valence-electron chi connectivity index (χ0n) is 44.6. The second kappa shape index (κ2) is 21.1. The second-order valence-electron chi connectivity index (χ2n) is 24.9. The van der Waals surface area contributed by atoms with E-state index >= 15 is 0 Å². The van der Waals surface area contributed by atoms with E-state index in [0.29, 0.717) is 0 Å². The van der Waals surface area contributed by atoms with E-state index in [-0.39, 0.29) is 0 Å². The van der Waals surface area contributed by atoms with Gasteiger partial charge in [-0.2, -0.15) is 0 Å². The lowest BCUT2D eigenvalue weighted by molar-refractivity contribution is 0.0399. The summed E-state index contributed by atoms with van der Waals surface area (Å²) >= 11 is 0. The van der Waals surface area contributed by atoms with Crippen molar-refractivity contribution in [2.75, 3.05) is 0 Å². The molecule has 62 heavy (non-hydrogen) atoms. The molecular formula is C37H92O12Si13. The van der Waals surface area contributed by atoms with Crippen LogP contribution in [0.5, 0.6) is 0 Å². The van der Waals surface area contributed by atoms with Crippen molar-refractivity contribution in [3.63, 3.8) is 0 Å². The zero-order valence-corrected chi connectivity index (χ0v) is 57.6. The lowest BCUT2D eigenvalue weighted by Crippen LogP contribution is -2.77. The van der Waals surface area contributed by atoms with Crippen LogP contribution in [0.4, 0.5) is 0 Å². The molecule has 1 aromatic carbocycles. The average molecular weight is 1090 g/mol. The SMILES string of the molecule is C=Cc1ccccc1C(C)[Si](O[Si](O[Si](C)(C)C)(O[Si](C)(C)C)O[Si](C)(C)C)(O[Si](O[Si](C)(C)C)(O[Si](C)(C)C)O[Si](C)(C)C)O[Si](O[Si](C)(C)C)(O[Si](C)(C)C)O[Si](C)(C)C. The normalized spacial score (nSPS) is 15.9. The van der Waals surface area contributed by atoms with Crippen LogP contribution in [0.25, 0.3) is 6.08 Å². The molecule has 0 fully saturated rings. The quantitative estimate of drug-likeness (QED) is 0.0782. The maximum absolute atomic E-state index is 8.09. The van der Waals surface area contributed by atoms with Crippen molar-refractivity contribution in [1.29, 1.82) is 0 Å². The molecule has 0 amide bonds. The van der Waals surface area contributed by atoms with E-state index in [9.17, 15) is 0 Å². The second-order valence-corrected chi connectivity index (χ2v) is 77.8. The van der Waals surface area contributed by atoms with Gasteiger partial charge in [0.05, 0.1) is 5.54 Å². The van der Waals surface area contributed by atoms with Gasteiger partial charge in [-0.15, -0.1) is 0 Å². The standard InChI is InChI=1S/C37H92O12Si13/c1-30-36-33-31-32-34-37(36)35(2)59(47-60(38-50(3,4)5,39-51(6,7)8)40-52(9,10)11,48-61(41-53(12,13)14,42-54(15,16)17)43-55(18,19)20)49-62(44-56(21,22)23,45-57(24,25)26)46-58(27,28)29/h30-35H,1H2,2-29H3. The summed E-state index contributed by atoms with van der Waals surface area (Å²) in [6.07, 6.45) is 1.85. The summed E-state index contributed by atoms with van der Waals surface area (Å²) in [5, 5.41) is 0. The monoisotopic (exact) mass is 1090 g/mol. The molecule has 364 valence electrons. The molecule has 1 rings (SSSR count). The van der Waals surface area contributed by atoms with Crippen LogP contribution >= 0.6 is 0 Å². The fourth-order valence-electron chi connectivity index (χ4n) is 5.88. The molecule has 1 unspecified atom stereocenters. The lowest BCUT2D eigenvalue weighted by Gasteiger charge is -2.52. The maximum atomic E-state index is 8.09. The van der Waals surface area contributed by atoms with Gasteiger partial charge in [0.15, 0.2) is 74.9 Å². The highest BCUT2D eigenvalue weighted by molar-refractivity contribution is 6.97. The molecule has 1 aromatic rings. The predicted molar refractivity (Wildman–Crippen MR) is 291 cm³/mol. The van der Waals surface area contributed by atoms with Crippen molar-refractivity contribution in [1.82, 2.24) is 0 Å². The van der Waals surface area contributed by atoms with E-state index in [1.54, 1.807) is 0 Å². The van der Waals surface area contributed by atoms with E-state index < -0.39 is 116 Å². The minimum absolute atomic E-state index is 0.676. The fourth-order valence-corrected chi connectivity index (χ4v) is 51.2. The lowest BCUT2D eigenvalue weighted by atomic mass is 10.1. The summed E-state index contributed by atoms with van der Waals surface area (Å²) < 4.78 is 90.7. The Labute approximate surface area is 394 Å². The van der Waals surface area contributed by atoms with Gasteiger partial charge in [-0.1, -0.05) is 43.8 Å². The topological polar surface area (TPSA) is 111 Å². The zero-order chi connectivity index (χ0) is 49.3. The smallest absolute Gasteiger partial charge is 0.396 e. The first-order valence-corrected chi connectivity index (χ1v) is 59.5. The molecule has 1 atom stereocenters. The molecular weight excluding hydrogens is 1000 g/mol. The van der Waals surface area contributed by atoms with Gasteiger partial charge in [-0.25, -0.2) is 0 Å². The van der Waals surface area contributed by atoms with Crippen molar-refractivity contribution >= 4 is 117 Å². The molecule has 0 saturated heterocycles. The Bertz CT molecular complexity index is 1330. The van der Waals surface area contributed by atoms with Crippen molar-refractivity contribution in [2.45, 2.75) is 189 Å². The van der Waals surface area contributed by atoms with Crippen LogP contribution in [-0.4, -0.2) is 111 Å². The molecule has 0 bridgehead atoms. The highest BCUT2D eigenvalue weighted by Crippen LogP contribution is 2.44. The average Bonchev–Trinajstić information content (AvgIpc) is 2.87. The van der Waals surface area contributed by atoms with E-state index in [1.165, 1.54) is 0 Å². The Morgan fingerprint density at radius 3 is 0.710 bits per heavy atom. The third-order valence-corrected chi connectivity index (χ3v) is 45.7. The molecule has 0 N–H and O–H groups in total. The molecule has 12 nitrogen and oxygen atoms in total. The number of hydrogen-bond donors (Lipinski definition) is 0. The first-order valence-electron chi connectivity index (χ1n) is 22.1. The molecule has 0 aromatic heterocycles. The first-order chi connectivity index (χ1) is 26.9. The minimum Gasteiger partial charge on any atom is -0.396 e. The Morgan fingerprint density at radius 1 is 0.339 bits per heavy atom. The summed E-state index contributed by atoms with van der Waals surface area (Å²) in [6, 6.07) is 8.13. The molecule has 0 spiro atoms. The molecule has 25 heteroatoms. The number of hydrogen-bond acceptors (Lipinski definition) is 12. The van der Waals surface area contributed by atoms with E-state index in [2.05, 4.69) is 196 Å². The van der Waals surface area contributed by atoms with Crippen LogP contribution in [0.1, 0.15) is 23.6 Å². The Morgan fingerprint density at radius 2 is 0.532 bits per heavy atom. The van der Waals surface area contributed by atoms with Gasteiger partial charge in [-0.3, -0.25) is 0 Å². The molecule has 0 radical (unpaired) electrons. The predicted octanol–water partition coefficient (Wildman–Crippen LogP) is 12.9. The molecule has 0 heterocycles. The highest BCUT2D eigenvalue weighted by Gasteiger charge is 2.73. The van der Waals surface area contributed by atoms with Gasteiger partial charge in [0.1, 0.15) is 0 Å². The van der Waals surface area contributed by atoms with Crippen LogP contribution < -0.4 is 0 Å². The molecule has 0 aliphatic rings.